The predicted octanol–water partition coefficient (Wildman–Crippen LogP) is 17.8. The van der Waals surface area contributed by atoms with Gasteiger partial charge in [0.15, 0.2) is 11.6 Å². The van der Waals surface area contributed by atoms with Crippen molar-refractivity contribution < 1.29 is 87.2 Å². The number of alkyl halides is 9. The van der Waals surface area contributed by atoms with Gasteiger partial charge in [-0.2, -0.15) is 39.5 Å². The van der Waals surface area contributed by atoms with Gasteiger partial charge < -0.3 is 28.9 Å². The number of pyridine rings is 2. The number of aromatic nitrogens is 2. The normalized spacial score (nSPS) is 11.9. The molecule has 2 N–H and O–H groups in total. The van der Waals surface area contributed by atoms with Crippen molar-refractivity contribution in [3.63, 3.8) is 0 Å². The summed E-state index contributed by atoms with van der Waals surface area (Å²) in [6.45, 7) is 15.0. The number of carbonyl (C=O) groups is 5. The summed E-state index contributed by atoms with van der Waals surface area (Å²) in [6, 6.07) is 36.1. The fourth-order valence-corrected chi connectivity index (χ4v) is 10.0. The SMILES string of the molecule is COC(=O)C(C=Nc1ccc(C(F)(F)F)cc1)=C(O)c1ccc(C)c(C)c1.COC=C(C(=O)OC)C(=O)c1ccc(C)c(C)c1.Cc1ccc(C(=O)c2c[nH]c3ccc(C(F)(F)F)cc3c2=O)cc1C.Cc1ccc(C(=O)c2cn(Cc3ccccc3F)c3ccc(C(F)(F)F)cc3c2=O)cc1C. The molecule has 0 saturated carbocycles. The molecule has 0 atom stereocenters. The largest absolute Gasteiger partial charge is 0.506 e. The summed E-state index contributed by atoms with van der Waals surface area (Å²) < 4.78 is 146. The molecule has 0 aliphatic carbocycles. The lowest BCUT2D eigenvalue weighted by Crippen LogP contribution is -2.21. The molecule has 10 rings (SSSR count). The number of nitrogens with zero attached hydrogens (tertiary/aromatic N) is 2. The van der Waals surface area contributed by atoms with E-state index in [1.54, 1.807) is 72.8 Å². The summed E-state index contributed by atoms with van der Waals surface area (Å²) in [5.41, 5.74) is 4.94. The van der Waals surface area contributed by atoms with E-state index in [9.17, 15) is 82.6 Å². The number of hydrogen-bond donors (Lipinski definition) is 2. The molecule has 0 aliphatic rings. The maximum absolute atomic E-state index is 14.3. The Morgan fingerprint density at radius 2 is 0.951 bits per heavy atom. The number of fused-ring (bicyclic) bond motifs is 2. The van der Waals surface area contributed by atoms with Gasteiger partial charge in [-0.1, -0.05) is 66.7 Å². The first-order valence-corrected chi connectivity index (χ1v) is 31.1. The van der Waals surface area contributed by atoms with Crippen molar-refractivity contribution in [2.24, 2.45) is 4.99 Å². The summed E-state index contributed by atoms with van der Waals surface area (Å²) in [7, 11) is 3.75. The number of aromatic amines is 1. The molecule has 0 radical (unpaired) electrons. The van der Waals surface area contributed by atoms with Crippen molar-refractivity contribution in [3.05, 3.63) is 314 Å². The van der Waals surface area contributed by atoms with Crippen LogP contribution in [0.1, 0.15) is 115 Å². The van der Waals surface area contributed by atoms with E-state index >= 15 is 0 Å². The molecule has 8 aromatic carbocycles. The first-order chi connectivity index (χ1) is 48.4. The topological polar surface area (TPSA) is 200 Å². The van der Waals surface area contributed by atoms with E-state index in [0.717, 1.165) is 100 Å². The Balaban J connectivity index is 0.000000196. The van der Waals surface area contributed by atoms with Gasteiger partial charge in [0.25, 0.3) is 0 Å². The molecule has 534 valence electrons. The molecule has 0 unspecified atom stereocenters. The number of aliphatic hydroxyl groups excluding tert-OH is 1. The Bertz CT molecular complexity index is 5140. The molecule has 103 heavy (non-hydrogen) atoms. The molecule has 0 bridgehead atoms. The smallest absolute Gasteiger partial charge is 0.416 e. The number of Topliss-reactive ketones (excluding diaryl/α,β-unsaturated/α-hetero) is 1. The maximum atomic E-state index is 14.3. The Hall–Kier alpha value is -11.8. The van der Waals surface area contributed by atoms with E-state index in [-0.39, 0.29) is 73.2 Å². The van der Waals surface area contributed by atoms with Crippen molar-refractivity contribution in [2.45, 2.75) is 80.5 Å². The number of ketones is 3. The van der Waals surface area contributed by atoms with Gasteiger partial charge in [-0.25, -0.2) is 14.0 Å². The number of aliphatic imine (C=N–C) groups is 1. The number of aryl methyl sites for hydroxylation is 8. The lowest BCUT2D eigenvalue weighted by Gasteiger charge is -2.16. The lowest BCUT2D eigenvalue weighted by atomic mass is 9.98. The Morgan fingerprint density at radius 1 is 0.505 bits per heavy atom. The minimum Gasteiger partial charge on any atom is -0.506 e. The van der Waals surface area contributed by atoms with Gasteiger partial charge in [0, 0.05) is 62.7 Å². The van der Waals surface area contributed by atoms with E-state index < -0.39 is 81.2 Å². The second kappa shape index (κ2) is 33.1. The first kappa shape index (κ1) is 78.5. The molecule has 0 aliphatic heterocycles. The number of aliphatic hydroxyl groups is 1. The second-order valence-corrected chi connectivity index (χ2v) is 23.6. The zero-order valence-electron chi connectivity index (χ0n) is 57.2. The van der Waals surface area contributed by atoms with Crippen LogP contribution < -0.4 is 10.9 Å². The Morgan fingerprint density at radius 3 is 1.45 bits per heavy atom. The standard InChI is InChI=1S/C26H19F4NO2.C20H18F3NO3.C19H14F3NO2.C14H16O4/c1-15-7-8-17(11-16(15)2)24(32)21-14-31(13-18-5-3-4-6-22(18)27)23-10-9-19(26(28,29)30)12-20(23)25(21)33;1-12-4-5-14(10-13(12)2)18(25)17(19(26)27-3)11-24-16-8-6-15(7-9-16)20(21,22)23;1-10-3-4-12(7-11(10)2)17(24)15-9-23-16-6-5-13(19(20,21)22)8-14(16)18(15)25;1-9-5-6-11(7-10(9)2)13(15)12(8-17-3)14(16)18-4/h3-12,14H,13H2,1-2H3;4-11,25H,1-3H3;3-9H,1-2H3,(H,23,25);5-8H,1-4H3. The van der Waals surface area contributed by atoms with Crippen LogP contribution in [0.2, 0.25) is 0 Å². The van der Waals surface area contributed by atoms with Crippen LogP contribution in [0, 0.1) is 61.2 Å². The third-order valence-electron chi connectivity index (χ3n) is 16.6. The van der Waals surface area contributed by atoms with Crippen LogP contribution >= 0.6 is 0 Å². The minimum absolute atomic E-state index is 0.0674. The maximum Gasteiger partial charge on any atom is 0.416 e. The molecule has 0 amide bonds. The van der Waals surface area contributed by atoms with Crippen molar-refractivity contribution in [3.8, 4) is 0 Å². The second-order valence-electron chi connectivity index (χ2n) is 23.6. The van der Waals surface area contributed by atoms with Gasteiger partial charge in [-0.05, 0) is 191 Å². The molecule has 0 spiro atoms. The van der Waals surface area contributed by atoms with Gasteiger partial charge in [-0.3, -0.25) is 29.0 Å². The zero-order valence-corrected chi connectivity index (χ0v) is 57.2. The van der Waals surface area contributed by atoms with Crippen molar-refractivity contribution in [2.75, 3.05) is 21.3 Å². The third-order valence-corrected chi connectivity index (χ3v) is 16.6. The van der Waals surface area contributed by atoms with Crippen molar-refractivity contribution in [1.29, 1.82) is 0 Å². The quantitative estimate of drug-likeness (QED) is 0.0153. The van der Waals surface area contributed by atoms with Crippen LogP contribution in [0.3, 0.4) is 0 Å². The summed E-state index contributed by atoms with van der Waals surface area (Å²) in [4.78, 5) is 93.9. The van der Waals surface area contributed by atoms with Gasteiger partial charge in [0.1, 0.15) is 29.0 Å². The van der Waals surface area contributed by atoms with Crippen molar-refractivity contribution >= 4 is 68.8 Å². The van der Waals surface area contributed by atoms with Crippen LogP contribution in [-0.2, 0) is 48.9 Å². The van der Waals surface area contributed by atoms with Crippen LogP contribution in [0.25, 0.3) is 27.6 Å². The highest BCUT2D eigenvalue weighted by molar-refractivity contribution is 6.24. The molecule has 24 heteroatoms. The van der Waals surface area contributed by atoms with Crippen molar-refractivity contribution in [1.82, 2.24) is 9.55 Å². The summed E-state index contributed by atoms with van der Waals surface area (Å²) >= 11 is 0. The van der Waals surface area contributed by atoms with E-state index in [0.29, 0.717) is 16.7 Å². The highest BCUT2D eigenvalue weighted by atomic mass is 19.4. The van der Waals surface area contributed by atoms with Gasteiger partial charge in [-0.15, -0.1) is 0 Å². The molecular formula is C79H67F10N3O11. The first-order valence-electron chi connectivity index (χ1n) is 31.1. The monoisotopic (exact) mass is 1420 g/mol. The number of esters is 2. The molecule has 0 saturated heterocycles. The molecule has 2 heterocycles. The highest BCUT2D eigenvalue weighted by Crippen LogP contribution is 2.34. The van der Waals surface area contributed by atoms with Gasteiger partial charge in [0.2, 0.25) is 16.6 Å². The van der Waals surface area contributed by atoms with Crippen LogP contribution in [0.4, 0.5) is 49.6 Å². The molecule has 14 nitrogen and oxygen atoms in total. The summed E-state index contributed by atoms with van der Waals surface area (Å²) in [5, 5.41) is 10.0. The van der Waals surface area contributed by atoms with Gasteiger partial charge in [0.05, 0.1) is 66.9 Å². The van der Waals surface area contributed by atoms with Crippen LogP contribution in [0.5, 0.6) is 0 Å². The van der Waals surface area contributed by atoms with Gasteiger partial charge >= 0.3 is 30.5 Å². The Kier molecular flexibility index (Phi) is 25.2. The number of halogens is 10. The molecular weight excluding hydrogens is 1360 g/mol. The average molecular weight is 1420 g/mol. The fourth-order valence-electron chi connectivity index (χ4n) is 10.0. The highest BCUT2D eigenvalue weighted by Gasteiger charge is 2.34. The Labute approximate surface area is 583 Å². The predicted molar refractivity (Wildman–Crippen MR) is 371 cm³/mol. The number of methoxy groups -OCH3 is 3. The van der Waals surface area contributed by atoms with E-state index in [4.69, 9.17) is 4.74 Å². The third kappa shape index (κ3) is 19.4. The number of ether oxygens (including phenoxy) is 3. The minimum atomic E-state index is -4.66. The fraction of sp³-hybridized carbons (Fsp3) is 0.190. The number of H-pyrrole nitrogens is 1. The summed E-state index contributed by atoms with van der Waals surface area (Å²) in [5.74, 6) is -3.90. The molecule has 0 fully saturated rings. The van der Waals surface area contributed by atoms with E-state index in [1.807, 2.05) is 61.5 Å². The number of benzene rings is 8. The summed E-state index contributed by atoms with van der Waals surface area (Å²) in [6.07, 6.45) is -8.96. The molecule has 10 aromatic rings. The number of hydrogen-bond acceptors (Lipinski definition) is 12. The average Bonchev–Trinajstić information content (AvgIpc) is 0.765. The number of carbonyl (C=O) groups excluding carboxylic acids is 5. The lowest BCUT2D eigenvalue weighted by molar-refractivity contribution is -0.138. The molecule has 2 aromatic heterocycles. The zero-order chi connectivity index (χ0) is 76.2. The van der Waals surface area contributed by atoms with Crippen LogP contribution in [0.15, 0.2) is 202 Å². The number of rotatable bonds is 14. The van der Waals surface area contributed by atoms with E-state index in [2.05, 4.69) is 19.5 Å². The van der Waals surface area contributed by atoms with E-state index in [1.165, 1.54) is 73.6 Å². The van der Waals surface area contributed by atoms with Crippen LogP contribution in [-0.4, -0.2) is 71.5 Å². The number of nitrogens with one attached hydrogen (secondary N) is 1.